The van der Waals surface area contributed by atoms with Crippen LogP contribution >= 0.6 is 12.2 Å². The first-order chi connectivity index (χ1) is 16.9. The number of aromatic amines is 1. The molecule has 2 N–H and O–H groups in total. The van der Waals surface area contributed by atoms with E-state index in [0.29, 0.717) is 34.3 Å². The van der Waals surface area contributed by atoms with Crippen molar-refractivity contribution in [1.82, 2.24) is 19.8 Å². The molecule has 1 aromatic heterocycles. The first-order valence-electron chi connectivity index (χ1n) is 11.4. The molecule has 0 spiro atoms. The number of carbonyl (C=O) groups excluding carboxylic acids is 1. The number of nitrogens with one attached hydrogen (secondary N) is 2. The van der Waals surface area contributed by atoms with Crippen LogP contribution in [0.25, 0.3) is 22.0 Å². The number of allylic oxidation sites excluding steroid dienone is 1. The summed E-state index contributed by atoms with van der Waals surface area (Å²) in [5, 5.41) is 3.48. The summed E-state index contributed by atoms with van der Waals surface area (Å²) in [6.45, 7) is 5.25. The summed E-state index contributed by atoms with van der Waals surface area (Å²) in [4.78, 5) is 30.8. The smallest absolute Gasteiger partial charge is 0.262 e. The minimum Gasteiger partial charge on any atom is -0.348 e. The Labute approximate surface area is 209 Å². The number of benzene rings is 3. The molecular weight excluding hydrogens is 456 g/mol. The molecule has 4 rings (SSSR count). The third kappa shape index (κ3) is 5.48. The number of amides is 1. The topological polar surface area (TPSA) is 70.1 Å². The Bertz CT molecular complexity index is 1500. The number of H-pyrrole nitrogens is 1. The Morgan fingerprint density at radius 3 is 2.57 bits per heavy atom. The molecule has 0 aliphatic heterocycles. The van der Waals surface area contributed by atoms with E-state index in [1.54, 1.807) is 24.3 Å². The Balaban J connectivity index is 1.54. The Hall–Kier alpha value is -3.81. The maximum atomic E-state index is 12.9. The predicted molar refractivity (Wildman–Crippen MR) is 144 cm³/mol. The van der Waals surface area contributed by atoms with Crippen molar-refractivity contribution in [3.63, 3.8) is 0 Å². The highest BCUT2D eigenvalue weighted by atomic mass is 32.1. The van der Waals surface area contributed by atoms with Gasteiger partial charge in [-0.05, 0) is 66.8 Å². The van der Waals surface area contributed by atoms with Crippen molar-refractivity contribution in [2.24, 2.45) is 0 Å². The van der Waals surface area contributed by atoms with E-state index in [0.717, 1.165) is 23.2 Å². The van der Waals surface area contributed by atoms with Crippen LogP contribution in [-0.4, -0.2) is 34.5 Å². The molecule has 0 saturated carbocycles. The van der Waals surface area contributed by atoms with Gasteiger partial charge in [0.05, 0.1) is 10.9 Å². The van der Waals surface area contributed by atoms with Gasteiger partial charge in [-0.3, -0.25) is 14.2 Å². The average molecular weight is 485 g/mol. The molecule has 0 aliphatic carbocycles. The Morgan fingerprint density at radius 1 is 1.11 bits per heavy atom. The Morgan fingerprint density at radius 2 is 1.86 bits per heavy atom. The SMILES string of the molecule is C=CCn1c(=S)[nH]c2cc(C(=O)NCc3ccccc3-c3ccc(CN(C)C)cc3)ccc2c1=O. The predicted octanol–water partition coefficient (Wildman–Crippen LogP) is 4.90. The van der Waals surface area contributed by atoms with Crippen LogP contribution in [0, 0.1) is 4.77 Å². The second kappa shape index (κ2) is 10.6. The highest BCUT2D eigenvalue weighted by molar-refractivity contribution is 7.71. The van der Waals surface area contributed by atoms with Crippen molar-refractivity contribution in [2.45, 2.75) is 19.6 Å². The van der Waals surface area contributed by atoms with Gasteiger partial charge in [0.15, 0.2) is 4.77 Å². The zero-order valence-electron chi connectivity index (χ0n) is 19.9. The van der Waals surface area contributed by atoms with Crippen molar-refractivity contribution in [3.8, 4) is 11.1 Å². The number of rotatable bonds is 8. The van der Waals surface area contributed by atoms with Gasteiger partial charge >= 0.3 is 0 Å². The summed E-state index contributed by atoms with van der Waals surface area (Å²) in [6, 6.07) is 21.5. The van der Waals surface area contributed by atoms with E-state index in [4.69, 9.17) is 12.2 Å². The Kier molecular flexibility index (Phi) is 7.39. The highest BCUT2D eigenvalue weighted by Crippen LogP contribution is 2.24. The second-order valence-electron chi connectivity index (χ2n) is 8.67. The molecule has 0 radical (unpaired) electrons. The third-order valence-corrected chi connectivity index (χ3v) is 6.10. The average Bonchev–Trinajstić information content (AvgIpc) is 2.85. The molecule has 0 aliphatic rings. The minimum atomic E-state index is -0.224. The van der Waals surface area contributed by atoms with Gasteiger partial charge < -0.3 is 15.2 Å². The van der Waals surface area contributed by atoms with Gasteiger partial charge in [-0.2, -0.15) is 0 Å². The van der Waals surface area contributed by atoms with Crippen molar-refractivity contribution >= 4 is 29.0 Å². The minimum absolute atomic E-state index is 0.207. The van der Waals surface area contributed by atoms with Crippen molar-refractivity contribution in [3.05, 3.63) is 111 Å². The summed E-state index contributed by atoms with van der Waals surface area (Å²) >= 11 is 5.30. The summed E-state index contributed by atoms with van der Waals surface area (Å²) in [5.41, 5.74) is 5.23. The second-order valence-corrected chi connectivity index (χ2v) is 9.06. The van der Waals surface area contributed by atoms with Gasteiger partial charge in [-0.25, -0.2) is 0 Å². The zero-order valence-corrected chi connectivity index (χ0v) is 20.7. The molecule has 0 unspecified atom stereocenters. The summed E-state index contributed by atoms with van der Waals surface area (Å²) < 4.78 is 1.74. The molecule has 0 fully saturated rings. The normalized spacial score (nSPS) is 11.1. The lowest BCUT2D eigenvalue weighted by Crippen LogP contribution is -2.24. The van der Waals surface area contributed by atoms with Crippen LogP contribution in [0.4, 0.5) is 0 Å². The summed E-state index contributed by atoms with van der Waals surface area (Å²) in [7, 11) is 4.10. The third-order valence-electron chi connectivity index (χ3n) is 5.78. The fraction of sp³-hybridized carbons (Fsp3) is 0.179. The van der Waals surface area contributed by atoms with E-state index in [1.807, 2.05) is 32.3 Å². The number of fused-ring (bicyclic) bond motifs is 1. The fourth-order valence-corrected chi connectivity index (χ4v) is 4.35. The largest absolute Gasteiger partial charge is 0.348 e. The van der Waals surface area contributed by atoms with Crippen molar-refractivity contribution in [1.29, 1.82) is 0 Å². The van der Waals surface area contributed by atoms with Crippen LogP contribution in [0.1, 0.15) is 21.5 Å². The van der Waals surface area contributed by atoms with E-state index >= 15 is 0 Å². The van der Waals surface area contributed by atoms with Crippen LogP contribution in [0.5, 0.6) is 0 Å². The van der Waals surface area contributed by atoms with Gasteiger partial charge in [0.25, 0.3) is 11.5 Å². The van der Waals surface area contributed by atoms with E-state index in [2.05, 4.69) is 52.1 Å². The lowest BCUT2D eigenvalue weighted by Gasteiger charge is -2.13. The monoisotopic (exact) mass is 484 g/mol. The van der Waals surface area contributed by atoms with Crippen LogP contribution < -0.4 is 10.9 Å². The number of aromatic nitrogens is 2. The van der Waals surface area contributed by atoms with E-state index < -0.39 is 0 Å². The quantitative estimate of drug-likeness (QED) is 0.276. The molecule has 178 valence electrons. The summed E-state index contributed by atoms with van der Waals surface area (Å²) in [6.07, 6.45) is 1.62. The number of nitrogens with zero attached hydrogens (tertiary/aromatic N) is 2. The van der Waals surface area contributed by atoms with Crippen molar-refractivity contribution < 1.29 is 4.79 Å². The van der Waals surface area contributed by atoms with Crippen LogP contribution in [0.3, 0.4) is 0 Å². The molecule has 6 nitrogen and oxygen atoms in total. The lowest BCUT2D eigenvalue weighted by molar-refractivity contribution is 0.0951. The maximum absolute atomic E-state index is 12.9. The van der Waals surface area contributed by atoms with Gasteiger partial charge in [-0.15, -0.1) is 6.58 Å². The molecule has 4 aromatic rings. The molecule has 1 amide bonds. The molecule has 0 saturated heterocycles. The van der Waals surface area contributed by atoms with Crippen LogP contribution in [0.2, 0.25) is 0 Å². The first kappa shape index (κ1) is 24.3. The molecular formula is C28H28N4O2S. The number of carbonyl (C=O) groups is 1. The van der Waals surface area contributed by atoms with E-state index in [9.17, 15) is 9.59 Å². The lowest BCUT2D eigenvalue weighted by atomic mass is 9.98. The molecule has 0 atom stereocenters. The fourth-order valence-electron chi connectivity index (χ4n) is 4.08. The van der Waals surface area contributed by atoms with Gasteiger partial charge in [0, 0.05) is 25.2 Å². The standard InChI is InChI=1S/C28H28N4O2S/c1-4-15-32-27(34)24-14-13-21(16-25(24)30-28(32)35)26(33)29-17-22-7-5-6-8-23(22)20-11-9-19(10-12-20)18-31(2)3/h4-14,16H,1,15,17-18H2,2-3H3,(H,29,33)(H,30,35). The van der Waals surface area contributed by atoms with E-state index in [-0.39, 0.29) is 11.5 Å². The zero-order chi connectivity index (χ0) is 24.9. The van der Waals surface area contributed by atoms with Gasteiger partial charge in [-0.1, -0.05) is 54.6 Å². The number of hydrogen-bond acceptors (Lipinski definition) is 4. The molecule has 3 aromatic carbocycles. The van der Waals surface area contributed by atoms with Crippen LogP contribution in [-0.2, 0) is 19.6 Å². The molecule has 7 heteroatoms. The molecule has 1 heterocycles. The maximum Gasteiger partial charge on any atom is 0.262 e. The van der Waals surface area contributed by atoms with Gasteiger partial charge in [0.1, 0.15) is 0 Å². The van der Waals surface area contributed by atoms with Crippen molar-refractivity contribution in [2.75, 3.05) is 14.1 Å². The van der Waals surface area contributed by atoms with Crippen LogP contribution in [0.15, 0.2) is 84.2 Å². The number of hydrogen-bond donors (Lipinski definition) is 2. The summed E-state index contributed by atoms with van der Waals surface area (Å²) in [5.74, 6) is -0.224. The first-order valence-corrected chi connectivity index (χ1v) is 11.8. The highest BCUT2D eigenvalue weighted by Gasteiger charge is 2.12. The molecule has 35 heavy (non-hydrogen) atoms. The van der Waals surface area contributed by atoms with E-state index in [1.165, 1.54) is 10.1 Å². The van der Waals surface area contributed by atoms with Gasteiger partial charge in [0.2, 0.25) is 0 Å². The molecule has 0 bridgehead atoms.